The van der Waals surface area contributed by atoms with Crippen molar-refractivity contribution in [3.05, 3.63) is 0 Å². The second-order valence-corrected chi connectivity index (χ2v) is 5.17. The first-order chi connectivity index (χ1) is 9.24. The smallest absolute Gasteiger partial charge is 0.241 e. The van der Waals surface area contributed by atoms with Crippen molar-refractivity contribution in [2.24, 2.45) is 5.73 Å². The number of nitrogens with one attached hydrogen (secondary N) is 1. The van der Waals surface area contributed by atoms with Gasteiger partial charge in [-0.2, -0.15) is 0 Å². The molecule has 0 bridgehead atoms. The summed E-state index contributed by atoms with van der Waals surface area (Å²) in [5.41, 5.74) is 5.40. The van der Waals surface area contributed by atoms with Gasteiger partial charge in [-0.15, -0.1) is 12.4 Å². The Labute approximate surface area is 128 Å². The van der Waals surface area contributed by atoms with Crippen LogP contribution in [0.4, 0.5) is 0 Å². The van der Waals surface area contributed by atoms with Gasteiger partial charge in [0.15, 0.2) is 0 Å². The minimum atomic E-state index is -0.0156. The topological polar surface area (TPSA) is 75.4 Å². The summed E-state index contributed by atoms with van der Waals surface area (Å²) >= 11 is 0. The van der Waals surface area contributed by atoms with Crippen LogP contribution in [-0.4, -0.2) is 42.9 Å². The first-order valence-corrected chi connectivity index (χ1v) is 7.48. The lowest BCUT2D eigenvalue weighted by Crippen LogP contribution is -2.42. The highest BCUT2D eigenvalue weighted by Gasteiger charge is 2.16. The quantitative estimate of drug-likeness (QED) is 0.666. The number of hydrogen-bond acceptors (Lipinski definition) is 3. The zero-order chi connectivity index (χ0) is 13.9. The van der Waals surface area contributed by atoms with Gasteiger partial charge in [0.1, 0.15) is 0 Å². The number of nitrogens with zero attached hydrogens (tertiary/aromatic N) is 1. The maximum atomic E-state index is 11.8. The Balaban J connectivity index is 0.00000361. The van der Waals surface area contributed by atoms with E-state index in [1.165, 1.54) is 6.42 Å². The molecule has 0 spiro atoms. The predicted octanol–water partition coefficient (Wildman–Crippen LogP) is 1.45. The summed E-state index contributed by atoms with van der Waals surface area (Å²) in [6.07, 6.45) is 7.90. The van der Waals surface area contributed by atoms with E-state index < -0.39 is 0 Å². The number of nitrogens with two attached hydrogens (primary N) is 1. The fraction of sp³-hybridized carbons (Fsp3) is 0.857. The lowest BCUT2D eigenvalue weighted by atomic mass is 10.1. The molecule has 0 radical (unpaired) electrons. The standard InChI is InChI=1S/C14H27N3O2.ClH/c15-9-5-2-1-4-8-13(18)16-12-14(19)17-10-6-3-7-11-17;/h1-12,15H2,(H,16,18);1H. The minimum absolute atomic E-state index is 0. The summed E-state index contributed by atoms with van der Waals surface area (Å²) < 4.78 is 0. The molecule has 0 aromatic carbocycles. The van der Waals surface area contributed by atoms with Crippen LogP contribution < -0.4 is 11.1 Å². The third-order valence-electron chi connectivity index (χ3n) is 3.50. The fourth-order valence-corrected chi connectivity index (χ4v) is 2.30. The highest BCUT2D eigenvalue weighted by atomic mass is 35.5. The van der Waals surface area contributed by atoms with Gasteiger partial charge in [0.25, 0.3) is 0 Å². The summed E-state index contributed by atoms with van der Waals surface area (Å²) in [7, 11) is 0. The van der Waals surface area contributed by atoms with Crippen molar-refractivity contribution in [1.82, 2.24) is 10.2 Å². The third-order valence-corrected chi connectivity index (χ3v) is 3.50. The van der Waals surface area contributed by atoms with E-state index in [-0.39, 0.29) is 30.8 Å². The van der Waals surface area contributed by atoms with Gasteiger partial charge in [-0.3, -0.25) is 9.59 Å². The summed E-state index contributed by atoms with van der Waals surface area (Å²) in [6, 6.07) is 0. The number of carbonyl (C=O) groups excluding carboxylic acids is 2. The Bertz CT molecular complexity index is 282. The molecule has 2 amide bonds. The van der Waals surface area contributed by atoms with Crippen LogP contribution in [0.25, 0.3) is 0 Å². The molecule has 3 N–H and O–H groups in total. The largest absolute Gasteiger partial charge is 0.347 e. The van der Waals surface area contributed by atoms with Crippen molar-refractivity contribution in [3.8, 4) is 0 Å². The maximum absolute atomic E-state index is 11.8. The van der Waals surface area contributed by atoms with Crippen molar-refractivity contribution in [1.29, 1.82) is 0 Å². The van der Waals surface area contributed by atoms with Gasteiger partial charge >= 0.3 is 0 Å². The fourth-order valence-electron chi connectivity index (χ4n) is 2.30. The van der Waals surface area contributed by atoms with E-state index in [1.807, 2.05) is 4.90 Å². The van der Waals surface area contributed by atoms with Gasteiger partial charge in [0.05, 0.1) is 6.54 Å². The second-order valence-electron chi connectivity index (χ2n) is 5.17. The predicted molar refractivity (Wildman–Crippen MR) is 82.8 cm³/mol. The molecule has 1 aliphatic rings. The molecule has 0 saturated carbocycles. The molecule has 0 aliphatic carbocycles. The van der Waals surface area contributed by atoms with E-state index in [4.69, 9.17) is 5.73 Å². The van der Waals surface area contributed by atoms with Gasteiger partial charge in [-0.1, -0.05) is 12.8 Å². The number of halogens is 1. The average Bonchev–Trinajstić information content (AvgIpc) is 2.45. The van der Waals surface area contributed by atoms with Crippen LogP contribution in [-0.2, 0) is 9.59 Å². The van der Waals surface area contributed by atoms with E-state index in [1.54, 1.807) is 0 Å². The van der Waals surface area contributed by atoms with Gasteiger partial charge < -0.3 is 16.0 Å². The molecular weight excluding hydrogens is 278 g/mol. The highest BCUT2D eigenvalue weighted by Crippen LogP contribution is 2.08. The Morgan fingerprint density at radius 3 is 2.30 bits per heavy atom. The second kappa shape index (κ2) is 12.0. The first-order valence-electron chi connectivity index (χ1n) is 7.48. The molecule has 1 aliphatic heterocycles. The van der Waals surface area contributed by atoms with Crippen LogP contribution >= 0.6 is 12.4 Å². The van der Waals surface area contributed by atoms with Crippen molar-refractivity contribution in [2.45, 2.75) is 51.4 Å². The van der Waals surface area contributed by atoms with Crippen LogP contribution in [0, 0.1) is 0 Å². The molecular formula is C14H28ClN3O2. The van der Waals surface area contributed by atoms with E-state index >= 15 is 0 Å². The lowest BCUT2D eigenvalue weighted by Gasteiger charge is -2.26. The van der Waals surface area contributed by atoms with Gasteiger partial charge in [-0.05, 0) is 38.6 Å². The lowest BCUT2D eigenvalue weighted by molar-refractivity contribution is -0.133. The Morgan fingerprint density at radius 2 is 1.65 bits per heavy atom. The number of unbranched alkanes of at least 4 members (excludes halogenated alkanes) is 3. The van der Waals surface area contributed by atoms with Gasteiger partial charge in [0, 0.05) is 19.5 Å². The molecule has 1 rings (SSSR count). The molecule has 118 valence electrons. The number of hydrogen-bond donors (Lipinski definition) is 2. The molecule has 0 unspecified atom stereocenters. The molecule has 1 heterocycles. The van der Waals surface area contributed by atoms with Crippen LogP contribution in [0.1, 0.15) is 51.4 Å². The molecule has 1 fully saturated rings. The van der Waals surface area contributed by atoms with Crippen LogP contribution in [0.15, 0.2) is 0 Å². The van der Waals surface area contributed by atoms with E-state index in [9.17, 15) is 9.59 Å². The number of carbonyl (C=O) groups is 2. The van der Waals surface area contributed by atoms with Gasteiger partial charge in [-0.25, -0.2) is 0 Å². The van der Waals surface area contributed by atoms with E-state index in [0.717, 1.165) is 58.2 Å². The van der Waals surface area contributed by atoms with Gasteiger partial charge in [0.2, 0.25) is 11.8 Å². The summed E-state index contributed by atoms with van der Waals surface area (Å²) in [5, 5.41) is 2.72. The molecule has 0 atom stereocenters. The Kier molecular flexibility index (Phi) is 11.5. The normalized spacial score (nSPS) is 14.6. The zero-order valence-electron chi connectivity index (χ0n) is 12.2. The molecule has 0 aromatic rings. The number of piperidine rings is 1. The highest BCUT2D eigenvalue weighted by molar-refractivity contribution is 5.85. The van der Waals surface area contributed by atoms with Crippen LogP contribution in [0.3, 0.4) is 0 Å². The molecule has 6 heteroatoms. The SMILES string of the molecule is Cl.NCCCCCCC(=O)NCC(=O)N1CCCCC1. The monoisotopic (exact) mass is 305 g/mol. The van der Waals surface area contributed by atoms with Crippen molar-refractivity contribution < 1.29 is 9.59 Å². The number of amides is 2. The van der Waals surface area contributed by atoms with Crippen molar-refractivity contribution in [3.63, 3.8) is 0 Å². The maximum Gasteiger partial charge on any atom is 0.241 e. The Morgan fingerprint density at radius 1 is 1.00 bits per heavy atom. The molecule has 0 aromatic heterocycles. The molecule has 1 saturated heterocycles. The average molecular weight is 306 g/mol. The molecule has 20 heavy (non-hydrogen) atoms. The number of likely N-dealkylation sites (tertiary alicyclic amines) is 1. The summed E-state index contributed by atoms with van der Waals surface area (Å²) in [6.45, 7) is 2.56. The third kappa shape index (κ3) is 8.38. The van der Waals surface area contributed by atoms with E-state index in [0.29, 0.717) is 6.42 Å². The van der Waals surface area contributed by atoms with Crippen LogP contribution in [0.5, 0.6) is 0 Å². The van der Waals surface area contributed by atoms with Crippen molar-refractivity contribution in [2.75, 3.05) is 26.2 Å². The zero-order valence-corrected chi connectivity index (χ0v) is 13.1. The van der Waals surface area contributed by atoms with Crippen molar-refractivity contribution >= 4 is 24.2 Å². The van der Waals surface area contributed by atoms with E-state index in [2.05, 4.69) is 5.32 Å². The number of rotatable bonds is 8. The molecule has 5 nitrogen and oxygen atoms in total. The minimum Gasteiger partial charge on any atom is -0.347 e. The first kappa shape index (κ1) is 19.2. The summed E-state index contributed by atoms with van der Waals surface area (Å²) in [5.74, 6) is 0.0364. The Hall–Kier alpha value is -0.810. The van der Waals surface area contributed by atoms with Crippen LogP contribution in [0.2, 0.25) is 0 Å². The summed E-state index contributed by atoms with van der Waals surface area (Å²) in [4.78, 5) is 25.2.